The predicted octanol–water partition coefficient (Wildman–Crippen LogP) is 3.11. The molecule has 0 aliphatic heterocycles. The summed E-state index contributed by atoms with van der Waals surface area (Å²) < 4.78 is 11.4. The van der Waals surface area contributed by atoms with Crippen LogP contribution in [0.15, 0.2) is 24.3 Å². The van der Waals surface area contributed by atoms with Gasteiger partial charge in [0.2, 0.25) is 0 Å². The van der Waals surface area contributed by atoms with Gasteiger partial charge in [0.1, 0.15) is 6.61 Å². The summed E-state index contributed by atoms with van der Waals surface area (Å²) >= 11 is 0. The number of fused-ring (bicyclic) bond motifs is 5. The van der Waals surface area contributed by atoms with Crippen LogP contribution in [0.3, 0.4) is 0 Å². The van der Waals surface area contributed by atoms with Crippen LogP contribution in [-0.4, -0.2) is 24.8 Å². The number of esters is 1. The Morgan fingerprint density at radius 2 is 2.10 bits per heavy atom. The Morgan fingerprint density at radius 1 is 1.35 bits per heavy atom. The number of hydrogen-bond acceptors (Lipinski definition) is 3. The molecule has 0 N–H and O–H groups in total. The second-order valence-electron chi connectivity index (χ2n) is 6.60. The van der Waals surface area contributed by atoms with Crippen LogP contribution in [0.5, 0.6) is 0 Å². The van der Waals surface area contributed by atoms with Crippen molar-refractivity contribution in [3.05, 3.63) is 24.3 Å². The average Bonchev–Trinajstić information content (AvgIpc) is 3.08. The van der Waals surface area contributed by atoms with Gasteiger partial charge >= 0.3 is 5.97 Å². The number of carbonyl (C=O) groups is 1. The zero-order chi connectivity index (χ0) is 14.3. The number of rotatable bonds is 5. The first-order valence-corrected chi connectivity index (χ1v) is 7.72. The van der Waals surface area contributed by atoms with Crippen LogP contribution in [0.4, 0.5) is 0 Å². The minimum Gasteiger partial charge on any atom is -0.460 e. The van der Waals surface area contributed by atoms with Gasteiger partial charge in [-0.15, -0.1) is 0 Å². The molecule has 20 heavy (non-hydrogen) atoms. The van der Waals surface area contributed by atoms with Gasteiger partial charge < -0.3 is 9.47 Å². The van der Waals surface area contributed by atoms with Gasteiger partial charge in [-0.2, -0.15) is 0 Å². The van der Waals surface area contributed by atoms with Crippen LogP contribution in [-0.2, 0) is 14.3 Å². The molecule has 3 nitrogen and oxygen atoms in total. The first kappa shape index (κ1) is 13.9. The average molecular weight is 276 g/mol. The lowest BCUT2D eigenvalue weighted by Crippen LogP contribution is -2.29. The molecule has 0 saturated heterocycles. The molecule has 2 fully saturated rings. The molecule has 0 amide bonds. The highest BCUT2D eigenvalue weighted by atomic mass is 16.6. The summed E-state index contributed by atoms with van der Waals surface area (Å²) in [4.78, 5) is 11.4. The van der Waals surface area contributed by atoms with Crippen molar-refractivity contribution in [2.24, 2.45) is 23.7 Å². The van der Waals surface area contributed by atoms with Crippen LogP contribution >= 0.6 is 0 Å². The third-order valence-corrected chi connectivity index (χ3v) is 5.17. The molecule has 0 radical (unpaired) electrons. The largest absolute Gasteiger partial charge is 0.460 e. The van der Waals surface area contributed by atoms with E-state index in [9.17, 15) is 4.79 Å². The molecule has 3 heteroatoms. The lowest BCUT2D eigenvalue weighted by molar-refractivity contribution is -0.145. The van der Waals surface area contributed by atoms with Gasteiger partial charge in [0.25, 0.3) is 0 Å². The van der Waals surface area contributed by atoms with E-state index in [1.807, 2.05) is 6.92 Å². The summed E-state index contributed by atoms with van der Waals surface area (Å²) in [5.74, 6) is 2.62. The van der Waals surface area contributed by atoms with Crippen LogP contribution in [0, 0.1) is 23.7 Å². The third kappa shape index (κ3) is 2.32. The normalized spacial score (nSPS) is 38.8. The summed E-state index contributed by atoms with van der Waals surface area (Å²) in [6.45, 7) is 7.57. The first-order valence-electron chi connectivity index (χ1n) is 7.72. The molecule has 0 spiro atoms. The maximum absolute atomic E-state index is 11.4. The van der Waals surface area contributed by atoms with Gasteiger partial charge in [0, 0.05) is 5.57 Å². The summed E-state index contributed by atoms with van der Waals surface area (Å²) in [5, 5.41) is 0. The Morgan fingerprint density at radius 3 is 2.80 bits per heavy atom. The molecule has 0 heterocycles. The fourth-order valence-corrected chi connectivity index (χ4v) is 4.34. The molecule has 2 bridgehead atoms. The highest BCUT2D eigenvalue weighted by molar-refractivity contribution is 5.86. The molecule has 3 aliphatic carbocycles. The third-order valence-electron chi connectivity index (χ3n) is 5.17. The SMILES string of the molecule is C=C(C)C(=O)OCC(C)OC1C2CCC1C1CC=CC12. The van der Waals surface area contributed by atoms with Crippen molar-refractivity contribution in [2.45, 2.75) is 45.3 Å². The van der Waals surface area contributed by atoms with Crippen molar-refractivity contribution < 1.29 is 14.3 Å². The molecule has 2 saturated carbocycles. The number of allylic oxidation sites excluding steroid dienone is 2. The van der Waals surface area contributed by atoms with Gasteiger partial charge in [-0.25, -0.2) is 4.79 Å². The van der Waals surface area contributed by atoms with Crippen molar-refractivity contribution in [3.8, 4) is 0 Å². The molecule has 0 aromatic carbocycles. The fourth-order valence-electron chi connectivity index (χ4n) is 4.34. The Kier molecular flexibility index (Phi) is 3.72. The number of ether oxygens (including phenoxy) is 2. The molecular formula is C17H24O3. The van der Waals surface area contributed by atoms with Gasteiger partial charge in [0.15, 0.2) is 0 Å². The summed E-state index contributed by atoms with van der Waals surface area (Å²) in [6, 6.07) is 0. The quantitative estimate of drug-likeness (QED) is 0.440. The number of hydrogen-bond donors (Lipinski definition) is 0. The highest BCUT2D eigenvalue weighted by Gasteiger charge is 2.55. The van der Waals surface area contributed by atoms with Gasteiger partial charge in [-0.1, -0.05) is 18.7 Å². The molecule has 0 aromatic heterocycles. The van der Waals surface area contributed by atoms with E-state index in [-0.39, 0.29) is 12.1 Å². The Balaban J connectivity index is 1.52. The fraction of sp³-hybridized carbons (Fsp3) is 0.706. The predicted molar refractivity (Wildman–Crippen MR) is 77.1 cm³/mol. The van der Waals surface area contributed by atoms with Crippen LogP contribution < -0.4 is 0 Å². The van der Waals surface area contributed by atoms with E-state index >= 15 is 0 Å². The van der Waals surface area contributed by atoms with E-state index in [1.165, 1.54) is 19.3 Å². The maximum atomic E-state index is 11.4. The minimum absolute atomic E-state index is 0.0331. The minimum atomic E-state index is -0.324. The van der Waals surface area contributed by atoms with Crippen molar-refractivity contribution >= 4 is 5.97 Å². The molecule has 6 atom stereocenters. The van der Waals surface area contributed by atoms with Crippen LogP contribution in [0.2, 0.25) is 0 Å². The van der Waals surface area contributed by atoms with Crippen molar-refractivity contribution in [1.29, 1.82) is 0 Å². The smallest absolute Gasteiger partial charge is 0.333 e. The van der Waals surface area contributed by atoms with E-state index in [0.29, 0.717) is 30.1 Å². The molecule has 6 unspecified atom stereocenters. The topological polar surface area (TPSA) is 35.5 Å². The second kappa shape index (κ2) is 5.36. The molecule has 3 rings (SSSR count). The van der Waals surface area contributed by atoms with Crippen LogP contribution in [0.25, 0.3) is 0 Å². The lowest BCUT2D eigenvalue weighted by Gasteiger charge is -2.23. The number of carbonyl (C=O) groups excluding carboxylic acids is 1. The second-order valence-corrected chi connectivity index (χ2v) is 6.60. The molecule has 110 valence electrons. The van der Waals surface area contributed by atoms with E-state index in [2.05, 4.69) is 18.7 Å². The first-order chi connectivity index (χ1) is 9.58. The highest BCUT2D eigenvalue weighted by Crippen LogP contribution is 2.57. The molecular weight excluding hydrogens is 252 g/mol. The lowest BCUT2D eigenvalue weighted by atomic mass is 9.82. The van der Waals surface area contributed by atoms with E-state index < -0.39 is 0 Å². The van der Waals surface area contributed by atoms with Crippen molar-refractivity contribution in [3.63, 3.8) is 0 Å². The standard InChI is InChI=1S/C17H24O3/c1-10(2)17(18)19-9-11(3)20-16-14-7-8-15(16)13-6-4-5-12(13)14/h4-5,11-16H,1,6-9H2,2-3H3. The summed E-state index contributed by atoms with van der Waals surface area (Å²) in [7, 11) is 0. The van der Waals surface area contributed by atoms with Gasteiger partial charge in [0.05, 0.1) is 12.2 Å². The van der Waals surface area contributed by atoms with E-state index in [4.69, 9.17) is 9.47 Å². The van der Waals surface area contributed by atoms with Crippen molar-refractivity contribution in [1.82, 2.24) is 0 Å². The van der Waals surface area contributed by atoms with Crippen LogP contribution in [0.1, 0.15) is 33.1 Å². The van der Waals surface area contributed by atoms with E-state index in [1.54, 1.807) is 6.92 Å². The Labute approximate surface area is 121 Å². The van der Waals surface area contributed by atoms with Gasteiger partial charge in [-0.3, -0.25) is 0 Å². The maximum Gasteiger partial charge on any atom is 0.333 e. The zero-order valence-corrected chi connectivity index (χ0v) is 12.4. The molecule has 3 aliphatic rings. The Hall–Kier alpha value is -1.09. The van der Waals surface area contributed by atoms with Crippen molar-refractivity contribution in [2.75, 3.05) is 6.61 Å². The monoisotopic (exact) mass is 276 g/mol. The summed E-state index contributed by atoms with van der Waals surface area (Å²) in [5.41, 5.74) is 0.442. The zero-order valence-electron chi connectivity index (χ0n) is 12.4. The Bertz CT molecular complexity index is 440. The molecule has 0 aromatic rings. The summed E-state index contributed by atoms with van der Waals surface area (Å²) in [6.07, 6.45) is 8.90. The van der Waals surface area contributed by atoms with E-state index in [0.717, 1.165) is 11.8 Å². The van der Waals surface area contributed by atoms with Gasteiger partial charge in [-0.05, 0) is 56.8 Å².